The van der Waals surface area contributed by atoms with Crippen LogP contribution in [0.1, 0.15) is 18.4 Å². The van der Waals surface area contributed by atoms with Crippen LogP contribution in [-0.4, -0.2) is 36.0 Å². The number of piperidine rings is 1. The standard InChI is InChI=1S/C18H19ClN4O3/c19-16-5-6-17(22-21-16)23-7-1-2-13(10-23)18(24)20-9-12-3-4-14-15(8-12)26-11-25-14/h3-6,8,13H,1-2,7,9-11H2,(H,20,24). The fraction of sp³-hybridized carbons (Fsp3) is 0.389. The fourth-order valence-electron chi connectivity index (χ4n) is 3.26. The van der Waals surface area contributed by atoms with Crippen LogP contribution in [0.15, 0.2) is 30.3 Å². The van der Waals surface area contributed by atoms with E-state index < -0.39 is 0 Å². The summed E-state index contributed by atoms with van der Waals surface area (Å²) in [6, 6.07) is 9.25. The Hall–Kier alpha value is -2.54. The minimum absolute atomic E-state index is 0.0503. The van der Waals surface area contributed by atoms with E-state index >= 15 is 0 Å². The first-order valence-electron chi connectivity index (χ1n) is 8.59. The number of anilines is 1. The molecule has 8 heteroatoms. The molecule has 0 spiro atoms. The third kappa shape index (κ3) is 3.67. The van der Waals surface area contributed by atoms with Gasteiger partial charge in [0.1, 0.15) is 0 Å². The van der Waals surface area contributed by atoms with Crippen molar-refractivity contribution in [2.75, 3.05) is 24.8 Å². The number of aromatic nitrogens is 2. The molecule has 7 nitrogen and oxygen atoms in total. The summed E-state index contributed by atoms with van der Waals surface area (Å²) < 4.78 is 10.7. The summed E-state index contributed by atoms with van der Waals surface area (Å²) in [5, 5.41) is 11.4. The first-order valence-corrected chi connectivity index (χ1v) is 8.97. The zero-order valence-corrected chi connectivity index (χ0v) is 14.9. The van der Waals surface area contributed by atoms with Gasteiger partial charge in [0.05, 0.1) is 5.92 Å². The molecule has 1 atom stereocenters. The molecule has 0 radical (unpaired) electrons. The first-order chi connectivity index (χ1) is 12.7. The molecule has 2 aliphatic heterocycles. The van der Waals surface area contributed by atoms with E-state index in [1.165, 1.54) is 0 Å². The van der Waals surface area contributed by atoms with Crippen molar-refractivity contribution in [3.05, 3.63) is 41.0 Å². The maximum Gasteiger partial charge on any atom is 0.231 e. The summed E-state index contributed by atoms with van der Waals surface area (Å²) in [7, 11) is 0. The summed E-state index contributed by atoms with van der Waals surface area (Å²) >= 11 is 5.79. The number of benzene rings is 1. The molecule has 0 aliphatic carbocycles. The highest BCUT2D eigenvalue weighted by molar-refractivity contribution is 6.29. The summed E-state index contributed by atoms with van der Waals surface area (Å²) in [5.74, 6) is 2.20. The SMILES string of the molecule is O=C(NCc1ccc2c(c1)OCO2)C1CCCN(c2ccc(Cl)nn2)C1. The normalized spacial score (nSPS) is 18.7. The minimum Gasteiger partial charge on any atom is -0.454 e. The highest BCUT2D eigenvalue weighted by atomic mass is 35.5. The van der Waals surface area contributed by atoms with Crippen molar-refractivity contribution >= 4 is 23.3 Å². The second-order valence-electron chi connectivity index (χ2n) is 6.40. The lowest BCUT2D eigenvalue weighted by atomic mass is 9.97. The monoisotopic (exact) mass is 374 g/mol. The molecule has 1 amide bonds. The molecule has 2 aromatic rings. The number of ether oxygens (including phenoxy) is 2. The topological polar surface area (TPSA) is 76.6 Å². The molecular formula is C18H19ClN4O3. The third-order valence-corrected chi connectivity index (χ3v) is 4.84. The van der Waals surface area contributed by atoms with Gasteiger partial charge in [-0.3, -0.25) is 4.79 Å². The Morgan fingerprint density at radius 1 is 1.23 bits per heavy atom. The van der Waals surface area contributed by atoms with Crippen LogP contribution in [0, 0.1) is 5.92 Å². The number of nitrogens with one attached hydrogen (secondary N) is 1. The van der Waals surface area contributed by atoms with Crippen molar-refractivity contribution in [1.29, 1.82) is 0 Å². The fourth-order valence-corrected chi connectivity index (χ4v) is 3.36. The van der Waals surface area contributed by atoms with E-state index in [0.29, 0.717) is 18.2 Å². The van der Waals surface area contributed by atoms with Crippen molar-refractivity contribution < 1.29 is 14.3 Å². The van der Waals surface area contributed by atoms with Crippen LogP contribution in [0.5, 0.6) is 11.5 Å². The lowest BCUT2D eigenvalue weighted by molar-refractivity contribution is -0.125. The molecule has 1 aromatic heterocycles. The number of hydrogen-bond donors (Lipinski definition) is 1. The van der Waals surface area contributed by atoms with Crippen molar-refractivity contribution in [1.82, 2.24) is 15.5 Å². The van der Waals surface area contributed by atoms with E-state index in [1.54, 1.807) is 6.07 Å². The Morgan fingerprint density at radius 2 is 2.12 bits per heavy atom. The van der Waals surface area contributed by atoms with E-state index in [-0.39, 0.29) is 18.6 Å². The van der Waals surface area contributed by atoms with Gasteiger partial charge in [-0.1, -0.05) is 17.7 Å². The molecule has 1 fully saturated rings. The first kappa shape index (κ1) is 16.9. The summed E-state index contributed by atoms with van der Waals surface area (Å²) in [6.07, 6.45) is 1.80. The molecule has 1 saturated heterocycles. The Labute approximate surface area is 156 Å². The Bertz CT molecular complexity index is 800. The maximum absolute atomic E-state index is 12.6. The van der Waals surface area contributed by atoms with E-state index in [0.717, 1.165) is 42.3 Å². The number of carbonyl (C=O) groups is 1. The van der Waals surface area contributed by atoms with E-state index in [4.69, 9.17) is 21.1 Å². The molecule has 136 valence electrons. The summed E-state index contributed by atoms with van der Waals surface area (Å²) in [4.78, 5) is 14.7. The largest absolute Gasteiger partial charge is 0.454 e. The van der Waals surface area contributed by atoms with E-state index in [9.17, 15) is 4.79 Å². The zero-order chi connectivity index (χ0) is 17.9. The van der Waals surface area contributed by atoms with Gasteiger partial charge < -0.3 is 19.7 Å². The van der Waals surface area contributed by atoms with Gasteiger partial charge in [-0.05, 0) is 42.7 Å². The Balaban J connectivity index is 1.34. The number of rotatable bonds is 4. The van der Waals surface area contributed by atoms with Gasteiger partial charge in [0, 0.05) is 19.6 Å². The molecule has 0 saturated carbocycles. The Morgan fingerprint density at radius 3 is 2.96 bits per heavy atom. The predicted molar refractivity (Wildman–Crippen MR) is 96.4 cm³/mol. The zero-order valence-electron chi connectivity index (χ0n) is 14.2. The maximum atomic E-state index is 12.6. The van der Waals surface area contributed by atoms with E-state index in [2.05, 4.69) is 20.4 Å². The van der Waals surface area contributed by atoms with Crippen LogP contribution in [0.2, 0.25) is 5.15 Å². The number of amides is 1. The molecule has 1 aromatic carbocycles. The third-order valence-electron chi connectivity index (χ3n) is 4.64. The van der Waals surface area contributed by atoms with Crippen LogP contribution < -0.4 is 19.7 Å². The molecule has 4 rings (SSSR count). The van der Waals surface area contributed by atoms with Gasteiger partial charge >= 0.3 is 0 Å². The predicted octanol–water partition coefficient (Wildman–Crippen LogP) is 2.39. The number of nitrogens with zero attached hydrogens (tertiary/aromatic N) is 3. The molecule has 1 N–H and O–H groups in total. The van der Waals surface area contributed by atoms with Crippen LogP contribution in [0.4, 0.5) is 5.82 Å². The molecule has 0 bridgehead atoms. The highest BCUT2D eigenvalue weighted by Crippen LogP contribution is 2.32. The number of hydrogen-bond acceptors (Lipinski definition) is 6. The van der Waals surface area contributed by atoms with Crippen molar-refractivity contribution in [2.24, 2.45) is 5.92 Å². The molecule has 2 aliphatic rings. The van der Waals surface area contributed by atoms with Crippen LogP contribution in [0.3, 0.4) is 0 Å². The van der Waals surface area contributed by atoms with Gasteiger partial charge in [0.15, 0.2) is 22.5 Å². The average Bonchev–Trinajstić information content (AvgIpc) is 3.14. The van der Waals surface area contributed by atoms with Crippen molar-refractivity contribution in [3.8, 4) is 11.5 Å². The number of halogens is 1. The smallest absolute Gasteiger partial charge is 0.231 e. The van der Waals surface area contributed by atoms with Gasteiger partial charge in [-0.2, -0.15) is 0 Å². The number of fused-ring (bicyclic) bond motifs is 1. The van der Waals surface area contributed by atoms with Gasteiger partial charge in [0.25, 0.3) is 0 Å². The van der Waals surface area contributed by atoms with Crippen LogP contribution in [0.25, 0.3) is 0 Å². The lowest BCUT2D eigenvalue weighted by Crippen LogP contribution is -2.43. The Kier molecular flexibility index (Phi) is 4.79. The van der Waals surface area contributed by atoms with E-state index in [1.807, 2.05) is 24.3 Å². The van der Waals surface area contributed by atoms with Crippen molar-refractivity contribution in [3.63, 3.8) is 0 Å². The van der Waals surface area contributed by atoms with Gasteiger partial charge in [0.2, 0.25) is 12.7 Å². The quantitative estimate of drug-likeness (QED) is 0.885. The molecule has 3 heterocycles. The second kappa shape index (κ2) is 7.37. The lowest BCUT2D eigenvalue weighted by Gasteiger charge is -2.32. The summed E-state index contributed by atoms with van der Waals surface area (Å²) in [6.45, 7) is 2.20. The molecule has 26 heavy (non-hydrogen) atoms. The van der Waals surface area contributed by atoms with Gasteiger partial charge in [-0.15, -0.1) is 10.2 Å². The second-order valence-corrected chi connectivity index (χ2v) is 6.79. The van der Waals surface area contributed by atoms with Gasteiger partial charge in [-0.25, -0.2) is 0 Å². The molecule has 1 unspecified atom stereocenters. The van der Waals surface area contributed by atoms with Crippen LogP contribution in [-0.2, 0) is 11.3 Å². The average molecular weight is 375 g/mol. The minimum atomic E-state index is -0.0739. The van der Waals surface area contributed by atoms with Crippen LogP contribution >= 0.6 is 11.6 Å². The summed E-state index contributed by atoms with van der Waals surface area (Å²) in [5.41, 5.74) is 0.985. The van der Waals surface area contributed by atoms with Crippen molar-refractivity contribution in [2.45, 2.75) is 19.4 Å². The molecular weight excluding hydrogens is 356 g/mol. The number of carbonyl (C=O) groups excluding carboxylic acids is 1. The highest BCUT2D eigenvalue weighted by Gasteiger charge is 2.26.